The number of hydrogen-bond donors (Lipinski definition) is 1. The van der Waals surface area contributed by atoms with Gasteiger partial charge in [0.1, 0.15) is 5.82 Å². The van der Waals surface area contributed by atoms with Crippen LogP contribution in [0.25, 0.3) is 0 Å². The van der Waals surface area contributed by atoms with Crippen LogP contribution in [-0.2, 0) is 6.42 Å². The van der Waals surface area contributed by atoms with Crippen molar-refractivity contribution in [2.75, 3.05) is 10.2 Å². The molecule has 2 aromatic carbocycles. The molecule has 0 saturated heterocycles. The molecule has 0 spiro atoms. The van der Waals surface area contributed by atoms with Crippen LogP contribution in [-0.4, -0.2) is 11.2 Å². The van der Waals surface area contributed by atoms with Crippen LogP contribution >= 0.6 is 23.8 Å². The summed E-state index contributed by atoms with van der Waals surface area (Å²) in [5.41, 5.74) is 3.84. The number of nitrogens with one attached hydrogen (secondary N) is 1. The summed E-state index contributed by atoms with van der Waals surface area (Å²) in [7, 11) is 0. The van der Waals surface area contributed by atoms with Crippen molar-refractivity contribution in [2.24, 2.45) is 0 Å². The molecule has 0 saturated carbocycles. The Bertz CT molecular complexity index is 763. The Kier molecular flexibility index (Phi) is 4.55. The van der Waals surface area contributed by atoms with Gasteiger partial charge in [-0.05, 0) is 80.4 Å². The van der Waals surface area contributed by atoms with E-state index in [2.05, 4.69) is 17.1 Å². The first-order valence-corrected chi connectivity index (χ1v) is 8.39. The normalized spacial score (nSPS) is 16.9. The second-order valence-corrected chi connectivity index (χ2v) is 6.72. The highest BCUT2D eigenvalue weighted by atomic mass is 35.5. The molecule has 1 aliphatic heterocycles. The summed E-state index contributed by atoms with van der Waals surface area (Å²) in [6.45, 7) is 4.09. The Morgan fingerprint density at radius 1 is 1.30 bits per heavy atom. The molecule has 1 heterocycles. The van der Waals surface area contributed by atoms with Crippen LogP contribution in [0.3, 0.4) is 0 Å². The first-order chi connectivity index (χ1) is 11.0. The molecule has 0 bridgehead atoms. The van der Waals surface area contributed by atoms with Crippen molar-refractivity contribution in [3.05, 3.63) is 58.4 Å². The zero-order valence-electron chi connectivity index (χ0n) is 13.1. The lowest BCUT2D eigenvalue weighted by atomic mass is 9.97. The molecule has 3 rings (SSSR count). The highest BCUT2D eigenvalue weighted by Crippen LogP contribution is 2.32. The smallest absolute Gasteiger partial charge is 0.178 e. The van der Waals surface area contributed by atoms with E-state index in [4.69, 9.17) is 23.8 Å². The number of benzene rings is 2. The van der Waals surface area contributed by atoms with Gasteiger partial charge in [-0.2, -0.15) is 0 Å². The van der Waals surface area contributed by atoms with E-state index >= 15 is 0 Å². The zero-order valence-corrected chi connectivity index (χ0v) is 14.6. The third kappa shape index (κ3) is 3.33. The number of anilines is 2. The Morgan fingerprint density at radius 3 is 2.83 bits per heavy atom. The zero-order chi connectivity index (χ0) is 16.6. The number of nitrogens with zero attached hydrogens (tertiary/aromatic N) is 1. The standard InChI is InChI=1S/C18H18ClFN2S/c1-11-3-7-15(10-16(11)19)21-18(23)22-12(2)4-5-13-9-14(20)6-8-17(13)22/h3,6-10,12H,4-5H2,1-2H3,(H,21,23). The summed E-state index contributed by atoms with van der Waals surface area (Å²) in [6.07, 6.45) is 1.80. The van der Waals surface area contributed by atoms with Crippen LogP contribution in [0.4, 0.5) is 15.8 Å². The van der Waals surface area contributed by atoms with E-state index in [1.165, 1.54) is 6.07 Å². The van der Waals surface area contributed by atoms with Gasteiger partial charge in [0.2, 0.25) is 0 Å². The highest BCUT2D eigenvalue weighted by molar-refractivity contribution is 7.80. The first kappa shape index (κ1) is 16.2. The van der Waals surface area contributed by atoms with Gasteiger partial charge in [0.25, 0.3) is 0 Å². The molecule has 0 aliphatic carbocycles. The van der Waals surface area contributed by atoms with E-state index in [-0.39, 0.29) is 11.9 Å². The van der Waals surface area contributed by atoms with Gasteiger partial charge >= 0.3 is 0 Å². The molecule has 0 aromatic heterocycles. The van der Waals surface area contributed by atoms with Crippen molar-refractivity contribution >= 4 is 40.3 Å². The number of rotatable bonds is 1. The van der Waals surface area contributed by atoms with Crippen LogP contribution < -0.4 is 10.2 Å². The fourth-order valence-electron chi connectivity index (χ4n) is 2.88. The molecule has 1 atom stereocenters. The van der Waals surface area contributed by atoms with Gasteiger partial charge in [0, 0.05) is 22.4 Å². The number of fused-ring (bicyclic) bond motifs is 1. The lowest BCUT2D eigenvalue weighted by molar-refractivity contribution is 0.604. The quantitative estimate of drug-likeness (QED) is 0.701. The molecule has 0 radical (unpaired) electrons. The van der Waals surface area contributed by atoms with Gasteiger partial charge < -0.3 is 10.2 Å². The Balaban J connectivity index is 1.88. The summed E-state index contributed by atoms with van der Waals surface area (Å²) in [6, 6.07) is 10.9. The first-order valence-electron chi connectivity index (χ1n) is 7.60. The average molecular weight is 349 g/mol. The van der Waals surface area contributed by atoms with E-state index in [0.717, 1.165) is 35.3 Å². The minimum absolute atomic E-state index is 0.206. The second-order valence-electron chi connectivity index (χ2n) is 5.92. The van der Waals surface area contributed by atoms with Gasteiger partial charge in [-0.1, -0.05) is 17.7 Å². The molecule has 0 fully saturated rings. The number of halogens is 2. The van der Waals surface area contributed by atoms with Crippen LogP contribution in [0, 0.1) is 12.7 Å². The fraction of sp³-hybridized carbons (Fsp3) is 0.278. The maximum atomic E-state index is 13.5. The fourth-order valence-corrected chi connectivity index (χ4v) is 3.46. The van der Waals surface area contributed by atoms with Gasteiger partial charge in [0.05, 0.1) is 0 Å². The van der Waals surface area contributed by atoms with Crippen molar-refractivity contribution < 1.29 is 4.39 Å². The SMILES string of the molecule is Cc1ccc(NC(=S)N2c3ccc(F)cc3CCC2C)cc1Cl. The van der Waals surface area contributed by atoms with Crippen molar-refractivity contribution in [1.82, 2.24) is 0 Å². The molecule has 1 aliphatic rings. The maximum Gasteiger partial charge on any atom is 0.178 e. The van der Waals surface area contributed by atoms with E-state index < -0.39 is 0 Å². The van der Waals surface area contributed by atoms with E-state index in [1.807, 2.05) is 25.1 Å². The third-order valence-corrected chi connectivity index (χ3v) is 4.92. The lowest BCUT2D eigenvalue weighted by Crippen LogP contribution is -2.44. The molecular formula is C18H18ClFN2S. The summed E-state index contributed by atoms with van der Waals surface area (Å²) in [4.78, 5) is 2.06. The molecule has 2 aromatic rings. The van der Waals surface area contributed by atoms with Crippen molar-refractivity contribution in [1.29, 1.82) is 0 Å². The number of hydrogen-bond acceptors (Lipinski definition) is 1. The predicted molar refractivity (Wildman–Crippen MR) is 99.1 cm³/mol. The molecule has 2 nitrogen and oxygen atoms in total. The molecule has 5 heteroatoms. The topological polar surface area (TPSA) is 15.3 Å². The predicted octanol–water partition coefficient (Wildman–Crippen LogP) is 5.33. The lowest BCUT2D eigenvalue weighted by Gasteiger charge is -2.37. The van der Waals surface area contributed by atoms with E-state index in [9.17, 15) is 4.39 Å². The summed E-state index contributed by atoms with van der Waals surface area (Å²) in [5, 5.41) is 4.55. The summed E-state index contributed by atoms with van der Waals surface area (Å²) >= 11 is 11.8. The Hall–Kier alpha value is -1.65. The minimum Gasteiger partial charge on any atom is -0.332 e. The maximum absolute atomic E-state index is 13.5. The highest BCUT2D eigenvalue weighted by Gasteiger charge is 2.26. The van der Waals surface area contributed by atoms with Gasteiger partial charge in [-0.3, -0.25) is 0 Å². The van der Waals surface area contributed by atoms with E-state index in [0.29, 0.717) is 10.1 Å². The van der Waals surface area contributed by atoms with Crippen LogP contribution in [0.5, 0.6) is 0 Å². The minimum atomic E-state index is -0.206. The monoisotopic (exact) mass is 348 g/mol. The van der Waals surface area contributed by atoms with Crippen LogP contribution in [0.2, 0.25) is 5.02 Å². The molecule has 1 unspecified atom stereocenters. The molecule has 0 amide bonds. The summed E-state index contributed by atoms with van der Waals surface area (Å²) in [5.74, 6) is -0.206. The average Bonchev–Trinajstić information content (AvgIpc) is 2.51. The number of thiocarbonyl (C=S) groups is 1. The Labute approximate surface area is 146 Å². The molecule has 23 heavy (non-hydrogen) atoms. The van der Waals surface area contributed by atoms with Crippen molar-refractivity contribution in [2.45, 2.75) is 32.7 Å². The molecular weight excluding hydrogens is 331 g/mol. The Morgan fingerprint density at radius 2 is 2.09 bits per heavy atom. The molecule has 1 N–H and O–H groups in total. The van der Waals surface area contributed by atoms with Crippen LogP contribution in [0.1, 0.15) is 24.5 Å². The largest absolute Gasteiger partial charge is 0.332 e. The summed E-state index contributed by atoms with van der Waals surface area (Å²) < 4.78 is 13.5. The van der Waals surface area contributed by atoms with Gasteiger partial charge in [-0.25, -0.2) is 4.39 Å². The van der Waals surface area contributed by atoms with E-state index in [1.54, 1.807) is 12.1 Å². The van der Waals surface area contributed by atoms with Crippen LogP contribution in [0.15, 0.2) is 36.4 Å². The van der Waals surface area contributed by atoms with Gasteiger partial charge in [0.15, 0.2) is 5.11 Å². The van der Waals surface area contributed by atoms with Crippen molar-refractivity contribution in [3.63, 3.8) is 0 Å². The second kappa shape index (κ2) is 6.46. The molecule has 120 valence electrons. The van der Waals surface area contributed by atoms with Gasteiger partial charge in [-0.15, -0.1) is 0 Å². The van der Waals surface area contributed by atoms with Crippen molar-refractivity contribution in [3.8, 4) is 0 Å². The number of aryl methyl sites for hydroxylation is 2. The third-order valence-electron chi connectivity index (χ3n) is 4.22.